The standard InChI is InChI=1S/C17H22N4O3S/c1-25(23,24)17(7-10-18-11-8-17)16(22)19-13-14-3-5-15(6-4-14)21-12-2-9-20-21/h2-6,9,12,18H,7-8,10-11,13H2,1H3,(H,19,22). The molecular formula is C17H22N4O3S. The van der Waals surface area contributed by atoms with E-state index in [9.17, 15) is 13.2 Å². The van der Waals surface area contributed by atoms with E-state index in [-0.39, 0.29) is 0 Å². The molecule has 1 aromatic carbocycles. The van der Waals surface area contributed by atoms with Crippen molar-refractivity contribution < 1.29 is 13.2 Å². The Bertz CT molecular complexity index is 823. The summed E-state index contributed by atoms with van der Waals surface area (Å²) in [5, 5.41) is 10.1. The molecule has 2 N–H and O–H groups in total. The Kier molecular flexibility index (Phi) is 4.91. The lowest BCUT2D eigenvalue weighted by Gasteiger charge is -2.34. The maximum Gasteiger partial charge on any atom is 0.241 e. The van der Waals surface area contributed by atoms with Gasteiger partial charge in [0.1, 0.15) is 0 Å². The summed E-state index contributed by atoms with van der Waals surface area (Å²) in [6.07, 6.45) is 5.31. The molecule has 0 spiro atoms. The van der Waals surface area contributed by atoms with Crippen molar-refractivity contribution in [2.45, 2.75) is 24.1 Å². The van der Waals surface area contributed by atoms with E-state index in [4.69, 9.17) is 0 Å². The summed E-state index contributed by atoms with van der Waals surface area (Å²) in [5.41, 5.74) is 1.83. The van der Waals surface area contributed by atoms with Gasteiger partial charge in [-0.2, -0.15) is 5.10 Å². The molecule has 0 bridgehead atoms. The van der Waals surface area contributed by atoms with Crippen molar-refractivity contribution in [2.24, 2.45) is 0 Å². The average Bonchev–Trinajstić information content (AvgIpc) is 3.14. The highest BCUT2D eigenvalue weighted by molar-refractivity contribution is 7.92. The molecule has 1 fully saturated rings. The van der Waals surface area contributed by atoms with Crippen LogP contribution in [0.3, 0.4) is 0 Å². The number of aromatic nitrogens is 2. The molecule has 0 aliphatic carbocycles. The van der Waals surface area contributed by atoms with E-state index in [0.717, 1.165) is 17.5 Å². The van der Waals surface area contributed by atoms with Crippen LogP contribution in [0.4, 0.5) is 0 Å². The lowest BCUT2D eigenvalue weighted by molar-refractivity contribution is -0.124. The van der Waals surface area contributed by atoms with Gasteiger partial charge in [-0.1, -0.05) is 12.1 Å². The Balaban J connectivity index is 1.69. The molecule has 8 heteroatoms. The van der Waals surface area contributed by atoms with Crippen molar-refractivity contribution in [3.8, 4) is 5.69 Å². The highest BCUT2D eigenvalue weighted by atomic mass is 32.2. The first-order chi connectivity index (χ1) is 11.9. The number of hydrogen-bond acceptors (Lipinski definition) is 5. The smallest absolute Gasteiger partial charge is 0.241 e. The van der Waals surface area contributed by atoms with Gasteiger partial charge in [0.2, 0.25) is 5.91 Å². The van der Waals surface area contributed by atoms with Gasteiger partial charge in [0, 0.05) is 25.2 Å². The number of carbonyl (C=O) groups is 1. The summed E-state index contributed by atoms with van der Waals surface area (Å²) in [6.45, 7) is 1.35. The molecule has 2 heterocycles. The van der Waals surface area contributed by atoms with Gasteiger partial charge in [0.25, 0.3) is 0 Å². The molecule has 0 saturated carbocycles. The lowest BCUT2D eigenvalue weighted by Crippen LogP contribution is -2.57. The molecule has 0 unspecified atom stereocenters. The van der Waals surface area contributed by atoms with Gasteiger partial charge < -0.3 is 10.6 Å². The fourth-order valence-corrected chi connectivity index (χ4v) is 4.48. The molecule has 1 aliphatic heterocycles. The molecular weight excluding hydrogens is 340 g/mol. The Morgan fingerprint density at radius 2 is 1.96 bits per heavy atom. The van der Waals surface area contributed by atoms with Crippen molar-refractivity contribution in [1.82, 2.24) is 20.4 Å². The molecule has 3 rings (SSSR count). The predicted molar refractivity (Wildman–Crippen MR) is 95.1 cm³/mol. The molecule has 0 atom stereocenters. The van der Waals surface area contributed by atoms with E-state index in [1.807, 2.05) is 36.5 Å². The van der Waals surface area contributed by atoms with Gasteiger partial charge in [0.05, 0.1) is 5.69 Å². The number of nitrogens with one attached hydrogen (secondary N) is 2. The first-order valence-corrected chi connectivity index (χ1v) is 10.1. The second-order valence-corrected chi connectivity index (χ2v) is 8.64. The maximum atomic E-state index is 12.7. The summed E-state index contributed by atoms with van der Waals surface area (Å²) in [6, 6.07) is 9.45. The van der Waals surface area contributed by atoms with Crippen LogP contribution < -0.4 is 10.6 Å². The minimum absolute atomic E-state index is 0.295. The second-order valence-electron chi connectivity index (χ2n) is 6.32. The van der Waals surface area contributed by atoms with Crippen LogP contribution in [0.25, 0.3) is 5.69 Å². The minimum atomic E-state index is -3.49. The van der Waals surface area contributed by atoms with Crippen LogP contribution in [0, 0.1) is 0 Å². The summed E-state index contributed by atoms with van der Waals surface area (Å²) >= 11 is 0. The van der Waals surface area contributed by atoms with Crippen LogP contribution in [0.1, 0.15) is 18.4 Å². The number of carbonyl (C=O) groups excluding carboxylic acids is 1. The van der Waals surface area contributed by atoms with Gasteiger partial charge in [-0.05, 0) is 49.7 Å². The van der Waals surface area contributed by atoms with E-state index in [1.165, 1.54) is 0 Å². The van der Waals surface area contributed by atoms with Crippen LogP contribution in [0.2, 0.25) is 0 Å². The first kappa shape index (κ1) is 17.6. The van der Waals surface area contributed by atoms with Crippen molar-refractivity contribution >= 4 is 15.7 Å². The number of rotatable bonds is 5. The summed E-state index contributed by atoms with van der Waals surface area (Å²) in [7, 11) is -3.49. The van der Waals surface area contributed by atoms with Crippen molar-refractivity contribution in [3.05, 3.63) is 48.3 Å². The van der Waals surface area contributed by atoms with Crippen LogP contribution >= 0.6 is 0 Å². The molecule has 1 amide bonds. The number of nitrogens with zero attached hydrogens (tertiary/aromatic N) is 2. The Hall–Kier alpha value is -2.19. The molecule has 1 aromatic heterocycles. The zero-order valence-electron chi connectivity index (χ0n) is 14.1. The minimum Gasteiger partial charge on any atom is -0.351 e. The number of piperidine rings is 1. The van der Waals surface area contributed by atoms with Gasteiger partial charge in [0.15, 0.2) is 14.6 Å². The Morgan fingerprint density at radius 1 is 1.28 bits per heavy atom. The van der Waals surface area contributed by atoms with E-state index < -0.39 is 20.5 Å². The maximum absolute atomic E-state index is 12.7. The second kappa shape index (κ2) is 6.97. The van der Waals surface area contributed by atoms with Gasteiger partial charge >= 0.3 is 0 Å². The van der Waals surface area contributed by atoms with Crippen molar-refractivity contribution in [1.29, 1.82) is 0 Å². The van der Waals surface area contributed by atoms with Crippen LogP contribution in [-0.4, -0.2) is 48.2 Å². The van der Waals surface area contributed by atoms with Gasteiger partial charge in [-0.3, -0.25) is 4.79 Å². The van der Waals surface area contributed by atoms with Gasteiger partial charge in [-0.15, -0.1) is 0 Å². The van der Waals surface area contributed by atoms with Crippen LogP contribution in [0.5, 0.6) is 0 Å². The zero-order valence-corrected chi connectivity index (χ0v) is 14.9. The molecule has 25 heavy (non-hydrogen) atoms. The monoisotopic (exact) mass is 362 g/mol. The summed E-state index contributed by atoms with van der Waals surface area (Å²) in [5.74, 6) is -0.410. The fraction of sp³-hybridized carbons (Fsp3) is 0.412. The quantitative estimate of drug-likeness (QED) is 0.815. The third-order valence-corrected chi connectivity index (χ3v) is 6.71. The van der Waals surface area contributed by atoms with E-state index in [2.05, 4.69) is 15.7 Å². The number of benzene rings is 1. The molecule has 0 radical (unpaired) electrons. The lowest BCUT2D eigenvalue weighted by atomic mass is 9.95. The van der Waals surface area contributed by atoms with Crippen molar-refractivity contribution in [3.63, 3.8) is 0 Å². The summed E-state index contributed by atoms with van der Waals surface area (Å²) in [4.78, 5) is 12.7. The molecule has 1 saturated heterocycles. The molecule has 7 nitrogen and oxygen atoms in total. The largest absolute Gasteiger partial charge is 0.351 e. The summed E-state index contributed by atoms with van der Waals surface area (Å²) < 4.78 is 24.9. The van der Waals surface area contributed by atoms with Crippen molar-refractivity contribution in [2.75, 3.05) is 19.3 Å². The Labute approximate surface area is 147 Å². The third kappa shape index (κ3) is 3.59. The topological polar surface area (TPSA) is 93.1 Å². The molecule has 1 aliphatic rings. The number of sulfone groups is 1. The average molecular weight is 362 g/mol. The molecule has 134 valence electrons. The highest BCUT2D eigenvalue weighted by Crippen LogP contribution is 2.28. The highest BCUT2D eigenvalue weighted by Gasteiger charge is 2.48. The first-order valence-electron chi connectivity index (χ1n) is 8.20. The molecule has 2 aromatic rings. The van der Waals surface area contributed by atoms with Gasteiger partial charge in [-0.25, -0.2) is 13.1 Å². The van der Waals surface area contributed by atoms with E-state index >= 15 is 0 Å². The Morgan fingerprint density at radius 3 is 2.52 bits per heavy atom. The number of hydrogen-bond donors (Lipinski definition) is 2. The fourth-order valence-electron chi connectivity index (χ4n) is 3.13. The SMILES string of the molecule is CS(=O)(=O)C1(C(=O)NCc2ccc(-n3cccn3)cc2)CCNCC1. The zero-order chi connectivity index (χ0) is 17.9. The normalized spacial score (nSPS) is 17.2. The van der Waals surface area contributed by atoms with Crippen LogP contribution in [0.15, 0.2) is 42.7 Å². The third-order valence-electron chi connectivity index (χ3n) is 4.69. The van der Waals surface area contributed by atoms with Crippen LogP contribution in [-0.2, 0) is 21.2 Å². The van der Waals surface area contributed by atoms with E-state index in [1.54, 1.807) is 10.9 Å². The predicted octanol–water partition coefficient (Wildman–Crippen LogP) is 0.655. The number of amides is 1. The van der Waals surface area contributed by atoms with E-state index in [0.29, 0.717) is 32.5 Å².